The average Bonchev–Trinajstić information content (AvgIpc) is 3.12. The number of thiophene rings is 1. The summed E-state index contributed by atoms with van der Waals surface area (Å²) in [5.74, 6) is -1.32. The molecule has 0 unspecified atom stereocenters. The summed E-state index contributed by atoms with van der Waals surface area (Å²) >= 11 is 2.46. The van der Waals surface area contributed by atoms with Gasteiger partial charge in [0.25, 0.3) is 5.03 Å². The molecule has 0 fully saturated rings. The second kappa shape index (κ2) is 7.44. The first-order chi connectivity index (χ1) is 12.0. The molecule has 0 saturated carbocycles. The minimum Gasteiger partial charge on any atom is -0.538 e. The minimum atomic E-state index is -0.581. The molecule has 2 aromatic heterocycles. The molecule has 0 aromatic carbocycles. The maximum absolute atomic E-state index is 12.3. The van der Waals surface area contributed by atoms with Gasteiger partial charge in [-0.15, -0.1) is 11.3 Å². The highest BCUT2D eigenvalue weighted by Crippen LogP contribution is 2.38. The Hall–Kier alpha value is -2.07. The van der Waals surface area contributed by atoms with E-state index in [1.54, 1.807) is 7.05 Å². The van der Waals surface area contributed by atoms with E-state index in [0.717, 1.165) is 47.9 Å². The van der Waals surface area contributed by atoms with Crippen LogP contribution in [0.1, 0.15) is 33.6 Å². The number of rotatable bonds is 5. The number of hydrogen-bond acceptors (Lipinski definition) is 8. The monoisotopic (exact) mass is 383 g/mol. The summed E-state index contributed by atoms with van der Waals surface area (Å²) < 4.78 is 10.7. The van der Waals surface area contributed by atoms with Crippen LogP contribution in [0.3, 0.4) is 0 Å². The van der Waals surface area contributed by atoms with Gasteiger partial charge in [0.05, 0.1) is 23.7 Å². The molecule has 2 aromatic rings. The van der Waals surface area contributed by atoms with Crippen LogP contribution in [-0.2, 0) is 29.4 Å². The first-order valence-corrected chi connectivity index (χ1v) is 9.50. The van der Waals surface area contributed by atoms with Crippen molar-refractivity contribution in [2.45, 2.75) is 30.7 Å². The lowest BCUT2D eigenvalue weighted by Gasteiger charge is -2.11. The molecule has 1 aliphatic rings. The van der Waals surface area contributed by atoms with Gasteiger partial charge in [0.2, 0.25) is 5.91 Å². The molecule has 1 amide bonds. The van der Waals surface area contributed by atoms with Gasteiger partial charge >= 0.3 is 5.97 Å². The lowest BCUT2D eigenvalue weighted by molar-refractivity contribution is -0.772. The standard InChI is InChI=1S/C15H17N3O5S2/c1-18-13(15(21)23-17-18)24-7-10(19)16-12-11(14(20)22-2)8-5-3-4-6-9(8)25-12/h3-7H2,1-2H3,(H-,16,17,19,20,21). The number of carbonyl (C=O) groups is 2. The predicted octanol–water partition coefficient (Wildman–Crippen LogP) is 1.03. The number of thioether (sulfide) groups is 1. The Balaban J connectivity index is 1.74. The van der Waals surface area contributed by atoms with Crippen molar-refractivity contribution in [2.75, 3.05) is 18.2 Å². The smallest absolute Gasteiger partial charge is 0.341 e. The van der Waals surface area contributed by atoms with Gasteiger partial charge in [-0.2, -0.15) is 0 Å². The number of aryl methyl sites for hydroxylation is 2. The molecule has 0 aliphatic heterocycles. The van der Waals surface area contributed by atoms with Crippen LogP contribution in [0, 0.1) is 0 Å². The molecule has 134 valence electrons. The summed E-state index contributed by atoms with van der Waals surface area (Å²) in [7, 11) is 2.90. The van der Waals surface area contributed by atoms with Crippen LogP contribution in [0.4, 0.5) is 5.00 Å². The van der Waals surface area contributed by atoms with Gasteiger partial charge in [-0.25, -0.2) is 4.79 Å². The van der Waals surface area contributed by atoms with Crippen molar-refractivity contribution in [3.8, 4) is 5.95 Å². The minimum absolute atomic E-state index is 0.00741. The Morgan fingerprint density at radius 1 is 1.44 bits per heavy atom. The largest absolute Gasteiger partial charge is 0.538 e. The first-order valence-electron chi connectivity index (χ1n) is 7.69. The number of amides is 1. The van der Waals surface area contributed by atoms with Crippen molar-refractivity contribution >= 4 is 40.0 Å². The summed E-state index contributed by atoms with van der Waals surface area (Å²) in [6, 6.07) is 0. The number of esters is 1. The molecule has 10 heteroatoms. The normalized spacial score (nSPS) is 13.4. The van der Waals surface area contributed by atoms with Crippen LogP contribution in [0.25, 0.3) is 0 Å². The third kappa shape index (κ3) is 3.64. The SMILES string of the molecule is COC(=O)c1c(NC(=O)CSc2c([O-])on[n+]2C)sc2c1CCCC2. The Labute approximate surface area is 152 Å². The molecule has 0 spiro atoms. The van der Waals surface area contributed by atoms with Crippen LogP contribution in [0.2, 0.25) is 0 Å². The van der Waals surface area contributed by atoms with E-state index in [2.05, 4.69) is 15.1 Å². The van der Waals surface area contributed by atoms with Gasteiger partial charge in [0, 0.05) is 4.88 Å². The molecule has 0 atom stereocenters. The zero-order valence-corrected chi connectivity index (χ0v) is 15.4. The van der Waals surface area contributed by atoms with E-state index in [9.17, 15) is 14.7 Å². The third-order valence-electron chi connectivity index (χ3n) is 3.87. The lowest BCUT2D eigenvalue weighted by atomic mass is 9.95. The number of hydrogen-bond donors (Lipinski definition) is 1. The van der Waals surface area contributed by atoms with Crippen LogP contribution in [0.15, 0.2) is 9.55 Å². The Morgan fingerprint density at radius 3 is 2.88 bits per heavy atom. The highest BCUT2D eigenvalue weighted by atomic mass is 32.2. The van der Waals surface area contributed by atoms with Gasteiger partial charge in [-0.3, -0.25) is 4.79 Å². The lowest BCUT2D eigenvalue weighted by Crippen LogP contribution is -2.32. The summed E-state index contributed by atoms with van der Waals surface area (Å²) in [5, 5.41) is 18.5. The molecule has 25 heavy (non-hydrogen) atoms. The zero-order chi connectivity index (χ0) is 18.0. The van der Waals surface area contributed by atoms with E-state index in [4.69, 9.17) is 4.74 Å². The fourth-order valence-corrected chi connectivity index (χ4v) is 4.74. The fraction of sp³-hybridized carbons (Fsp3) is 0.467. The molecular formula is C15H17N3O5S2. The average molecular weight is 383 g/mol. The van der Waals surface area contributed by atoms with Crippen molar-refractivity contribution < 1.29 is 28.6 Å². The molecule has 1 aliphatic carbocycles. The van der Waals surface area contributed by atoms with Gasteiger partial charge in [0.1, 0.15) is 5.00 Å². The van der Waals surface area contributed by atoms with Crippen molar-refractivity contribution in [3.05, 3.63) is 16.0 Å². The van der Waals surface area contributed by atoms with Crippen LogP contribution >= 0.6 is 23.1 Å². The molecular weight excluding hydrogens is 366 g/mol. The van der Waals surface area contributed by atoms with E-state index in [1.807, 2.05) is 0 Å². The van der Waals surface area contributed by atoms with E-state index in [0.29, 0.717) is 10.6 Å². The number of carbonyl (C=O) groups excluding carboxylic acids is 2. The number of nitrogens with one attached hydrogen (secondary N) is 1. The quantitative estimate of drug-likeness (QED) is 0.467. The molecule has 0 saturated heterocycles. The van der Waals surface area contributed by atoms with E-state index >= 15 is 0 Å². The highest BCUT2D eigenvalue weighted by Gasteiger charge is 2.27. The third-order valence-corrected chi connectivity index (χ3v) is 6.19. The number of methoxy groups -OCH3 is 1. The fourth-order valence-electron chi connectivity index (χ4n) is 2.73. The van der Waals surface area contributed by atoms with E-state index in [1.165, 1.54) is 23.1 Å². The number of anilines is 1. The van der Waals surface area contributed by atoms with Crippen molar-refractivity contribution in [1.82, 2.24) is 5.27 Å². The molecule has 1 N–H and O–H groups in total. The zero-order valence-electron chi connectivity index (χ0n) is 13.8. The summed E-state index contributed by atoms with van der Waals surface area (Å²) in [6.45, 7) is 0. The van der Waals surface area contributed by atoms with Crippen LogP contribution < -0.4 is 15.1 Å². The number of fused-ring (bicyclic) bond motifs is 1. The van der Waals surface area contributed by atoms with Crippen molar-refractivity contribution in [3.63, 3.8) is 0 Å². The highest BCUT2D eigenvalue weighted by molar-refractivity contribution is 7.99. The number of ether oxygens (including phenoxy) is 1. The second-order valence-electron chi connectivity index (χ2n) is 5.53. The van der Waals surface area contributed by atoms with Gasteiger partial charge in [-0.05, 0) is 43.0 Å². The number of nitrogens with zero attached hydrogens (tertiary/aromatic N) is 2. The van der Waals surface area contributed by atoms with Crippen molar-refractivity contribution in [1.29, 1.82) is 0 Å². The van der Waals surface area contributed by atoms with E-state index in [-0.39, 0.29) is 16.7 Å². The summed E-state index contributed by atoms with van der Waals surface area (Å²) in [4.78, 5) is 25.5. The first kappa shape index (κ1) is 17.7. The second-order valence-corrected chi connectivity index (χ2v) is 7.60. The molecule has 0 radical (unpaired) electrons. The van der Waals surface area contributed by atoms with Crippen LogP contribution in [0.5, 0.6) is 5.95 Å². The van der Waals surface area contributed by atoms with Crippen molar-refractivity contribution in [2.24, 2.45) is 7.05 Å². The summed E-state index contributed by atoms with van der Waals surface area (Å²) in [5.41, 5.74) is 1.44. The van der Waals surface area contributed by atoms with Gasteiger partial charge < -0.3 is 19.7 Å². The van der Waals surface area contributed by atoms with Crippen LogP contribution in [-0.4, -0.2) is 30.0 Å². The van der Waals surface area contributed by atoms with Gasteiger partial charge in [-0.1, -0.05) is 4.68 Å². The maximum atomic E-state index is 12.3. The Morgan fingerprint density at radius 2 is 2.20 bits per heavy atom. The Kier molecular flexibility index (Phi) is 5.28. The molecule has 2 heterocycles. The predicted molar refractivity (Wildman–Crippen MR) is 88.8 cm³/mol. The maximum Gasteiger partial charge on any atom is 0.341 e. The Bertz CT molecular complexity index is 795. The molecule has 3 rings (SSSR count). The molecule has 0 bridgehead atoms. The summed E-state index contributed by atoms with van der Waals surface area (Å²) in [6.07, 6.45) is 3.82. The molecule has 8 nitrogen and oxygen atoms in total. The van der Waals surface area contributed by atoms with E-state index < -0.39 is 11.9 Å². The number of aromatic nitrogens is 2. The topological polar surface area (TPSA) is 108 Å². The van der Waals surface area contributed by atoms with Gasteiger partial charge in [0.15, 0.2) is 13.0 Å².